The van der Waals surface area contributed by atoms with Gasteiger partial charge in [-0.05, 0) is 42.8 Å². The summed E-state index contributed by atoms with van der Waals surface area (Å²) in [5, 5.41) is 11.1. The highest BCUT2D eigenvalue weighted by Gasteiger charge is 2.42. The minimum Gasteiger partial charge on any atom is -0.489 e. The van der Waals surface area contributed by atoms with Crippen molar-refractivity contribution in [2.24, 2.45) is 4.99 Å². The van der Waals surface area contributed by atoms with Crippen molar-refractivity contribution in [1.29, 1.82) is 0 Å². The first kappa shape index (κ1) is 20.1. The van der Waals surface area contributed by atoms with E-state index in [1.807, 2.05) is 73.7 Å². The van der Waals surface area contributed by atoms with Crippen LogP contribution in [0.5, 0.6) is 5.75 Å². The Bertz CT molecular complexity index is 989. The normalized spacial score (nSPS) is 18.8. The molecule has 3 atom stereocenters. The molecule has 1 aliphatic heterocycles. The monoisotopic (exact) mass is 403 g/mol. The average molecular weight is 403 g/mol. The van der Waals surface area contributed by atoms with Crippen LogP contribution in [0.3, 0.4) is 0 Å². The summed E-state index contributed by atoms with van der Waals surface area (Å²) in [6.45, 7) is 4.18. The Morgan fingerprint density at radius 2 is 1.87 bits per heavy atom. The number of aliphatic hydroxyl groups is 1. The number of amidine groups is 1. The number of nitrogens with one attached hydrogen (secondary N) is 1. The molecule has 2 N–H and O–H groups in total. The fraction of sp³-hybridized carbons (Fsp3) is 0.250. The van der Waals surface area contributed by atoms with Crippen LogP contribution in [-0.4, -0.2) is 27.8 Å². The first-order valence-corrected chi connectivity index (χ1v) is 9.93. The number of hydrogen-bond donors (Lipinski definition) is 2. The SMILES string of the molecule is CC(c1ccccc1)C(C)(O)C1N=C(c2ccc(OCc3cccnc3)cc2)NO1. The van der Waals surface area contributed by atoms with Crippen LogP contribution in [-0.2, 0) is 11.4 Å². The maximum atomic E-state index is 11.1. The Morgan fingerprint density at radius 3 is 2.57 bits per heavy atom. The van der Waals surface area contributed by atoms with E-state index in [1.165, 1.54) is 0 Å². The molecule has 2 heterocycles. The van der Waals surface area contributed by atoms with Gasteiger partial charge in [-0.25, -0.2) is 15.3 Å². The topological polar surface area (TPSA) is 76.0 Å². The van der Waals surface area contributed by atoms with Crippen LogP contribution >= 0.6 is 0 Å². The van der Waals surface area contributed by atoms with Gasteiger partial charge in [0.15, 0.2) is 5.84 Å². The maximum absolute atomic E-state index is 11.1. The summed E-state index contributed by atoms with van der Waals surface area (Å²) in [6, 6.07) is 21.3. The largest absolute Gasteiger partial charge is 0.489 e. The van der Waals surface area contributed by atoms with E-state index in [2.05, 4.69) is 15.5 Å². The van der Waals surface area contributed by atoms with Crippen molar-refractivity contribution in [3.8, 4) is 5.75 Å². The molecule has 1 aromatic heterocycles. The standard InChI is InChI=1S/C24H25N3O3/c1-17(19-8-4-3-5-9-19)24(2,28)23-26-22(27-30-23)20-10-12-21(13-11-20)29-16-18-7-6-14-25-15-18/h3-15,17,23,28H,16H2,1-2H3,(H,26,27). The molecule has 2 aromatic carbocycles. The molecule has 0 amide bonds. The molecule has 1 aliphatic rings. The van der Waals surface area contributed by atoms with Crippen LogP contribution in [0.2, 0.25) is 0 Å². The average Bonchev–Trinajstić information content (AvgIpc) is 3.30. The third kappa shape index (κ3) is 4.35. The highest BCUT2D eigenvalue weighted by Crippen LogP contribution is 2.33. The van der Waals surface area contributed by atoms with E-state index in [0.717, 1.165) is 22.4 Å². The van der Waals surface area contributed by atoms with Crippen LogP contribution in [0.1, 0.15) is 36.5 Å². The van der Waals surface area contributed by atoms with Crippen molar-refractivity contribution < 1.29 is 14.7 Å². The molecule has 6 heteroatoms. The van der Waals surface area contributed by atoms with Crippen LogP contribution in [0, 0.1) is 0 Å². The molecule has 0 spiro atoms. The molecule has 0 radical (unpaired) electrons. The maximum Gasteiger partial charge on any atom is 0.206 e. The Hall–Kier alpha value is -3.22. The van der Waals surface area contributed by atoms with E-state index in [4.69, 9.17) is 9.57 Å². The van der Waals surface area contributed by atoms with Gasteiger partial charge in [0.25, 0.3) is 0 Å². The zero-order valence-electron chi connectivity index (χ0n) is 17.0. The lowest BCUT2D eigenvalue weighted by Crippen LogP contribution is -2.44. The van der Waals surface area contributed by atoms with E-state index < -0.39 is 11.8 Å². The fourth-order valence-corrected chi connectivity index (χ4v) is 3.32. The molecule has 0 bridgehead atoms. The Morgan fingerprint density at radius 1 is 1.10 bits per heavy atom. The van der Waals surface area contributed by atoms with Gasteiger partial charge in [0.05, 0.1) is 0 Å². The second-order valence-electron chi connectivity index (χ2n) is 7.58. The zero-order chi connectivity index (χ0) is 21.0. The van der Waals surface area contributed by atoms with Crippen LogP contribution in [0.25, 0.3) is 0 Å². The third-order valence-corrected chi connectivity index (χ3v) is 5.45. The van der Waals surface area contributed by atoms with Crippen LogP contribution < -0.4 is 10.2 Å². The molecule has 4 rings (SSSR count). The Labute approximate surface area is 176 Å². The number of rotatable bonds is 7. The van der Waals surface area contributed by atoms with E-state index in [1.54, 1.807) is 19.3 Å². The number of ether oxygens (including phenoxy) is 1. The molecule has 0 fully saturated rings. The number of hydroxylamine groups is 1. The molecule has 0 saturated heterocycles. The molecular formula is C24H25N3O3. The second-order valence-corrected chi connectivity index (χ2v) is 7.58. The van der Waals surface area contributed by atoms with Gasteiger partial charge in [-0.2, -0.15) is 0 Å². The van der Waals surface area contributed by atoms with Crippen molar-refractivity contribution in [3.05, 3.63) is 95.8 Å². The summed E-state index contributed by atoms with van der Waals surface area (Å²) in [5.74, 6) is 1.18. The molecule has 3 aromatic rings. The van der Waals surface area contributed by atoms with E-state index >= 15 is 0 Å². The first-order chi connectivity index (χ1) is 14.5. The predicted molar refractivity (Wildman–Crippen MR) is 115 cm³/mol. The minimum absolute atomic E-state index is 0.156. The summed E-state index contributed by atoms with van der Waals surface area (Å²) >= 11 is 0. The lowest BCUT2D eigenvalue weighted by molar-refractivity contribution is -0.113. The number of aliphatic imine (C=N–C) groups is 1. The lowest BCUT2D eigenvalue weighted by atomic mass is 9.83. The summed E-state index contributed by atoms with van der Waals surface area (Å²) in [5.41, 5.74) is 4.57. The highest BCUT2D eigenvalue weighted by molar-refractivity contribution is 5.99. The van der Waals surface area contributed by atoms with Gasteiger partial charge in [-0.1, -0.05) is 43.3 Å². The summed E-state index contributed by atoms with van der Waals surface area (Å²) in [4.78, 5) is 14.3. The summed E-state index contributed by atoms with van der Waals surface area (Å²) in [7, 11) is 0. The zero-order valence-corrected chi connectivity index (χ0v) is 17.0. The van der Waals surface area contributed by atoms with Gasteiger partial charge >= 0.3 is 0 Å². The molecule has 3 unspecified atom stereocenters. The quantitative estimate of drug-likeness (QED) is 0.627. The van der Waals surface area contributed by atoms with Gasteiger partial charge in [-0.15, -0.1) is 0 Å². The molecular weight excluding hydrogens is 378 g/mol. The smallest absolute Gasteiger partial charge is 0.206 e. The minimum atomic E-state index is -1.18. The fourth-order valence-electron chi connectivity index (χ4n) is 3.32. The predicted octanol–water partition coefficient (Wildman–Crippen LogP) is 3.82. The summed E-state index contributed by atoms with van der Waals surface area (Å²) in [6.07, 6.45) is 2.80. The summed E-state index contributed by atoms with van der Waals surface area (Å²) < 4.78 is 5.79. The van der Waals surface area contributed by atoms with Crippen molar-refractivity contribution in [2.75, 3.05) is 0 Å². The van der Waals surface area contributed by atoms with Crippen LogP contribution in [0.4, 0.5) is 0 Å². The van der Waals surface area contributed by atoms with Crippen LogP contribution in [0.15, 0.2) is 84.1 Å². The third-order valence-electron chi connectivity index (χ3n) is 5.45. The van der Waals surface area contributed by atoms with Crippen molar-refractivity contribution >= 4 is 5.84 Å². The van der Waals surface area contributed by atoms with E-state index in [-0.39, 0.29) is 5.92 Å². The van der Waals surface area contributed by atoms with Crippen molar-refractivity contribution in [2.45, 2.75) is 38.2 Å². The number of benzene rings is 2. The van der Waals surface area contributed by atoms with Gasteiger partial charge < -0.3 is 9.84 Å². The number of pyridine rings is 1. The molecule has 30 heavy (non-hydrogen) atoms. The van der Waals surface area contributed by atoms with E-state index in [0.29, 0.717) is 12.4 Å². The van der Waals surface area contributed by atoms with Gasteiger partial charge in [0, 0.05) is 29.4 Å². The molecule has 6 nitrogen and oxygen atoms in total. The van der Waals surface area contributed by atoms with Gasteiger partial charge in [0.1, 0.15) is 18.0 Å². The number of hydrogen-bond acceptors (Lipinski definition) is 6. The molecule has 0 saturated carbocycles. The first-order valence-electron chi connectivity index (χ1n) is 9.93. The highest BCUT2D eigenvalue weighted by atomic mass is 16.7. The van der Waals surface area contributed by atoms with Crippen molar-refractivity contribution in [1.82, 2.24) is 10.5 Å². The lowest BCUT2D eigenvalue weighted by Gasteiger charge is -2.32. The Kier molecular flexibility index (Phi) is 5.79. The second kappa shape index (κ2) is 8.65. The molecule has 154 valence electrons. The Balaban J connectivity index is 1.43. The van der Waals surface area contributed by atoms with Crippen molar-refractivity contribution in [3.63, 3.8) is 0 Å². The van der Waals surface area contributed by atoms with E-state index in [9.17, 15) is 5.11 Å². The van der Waals surface area contributed by atoms with Gasteiger partial charge in [-0.3, -0.25) is 4.98 Å². The van der Waals surface area contributed by atoms with Gasteiger partial charge in [0.2, 0.25) is 6.23 Å². The number of aromatic nitrogens is 1. The number of nitrogens with zero attached hydrogens (tertiary/aromatic N) is 2. The molecule has 0 aliphatic carbocycles.